The summed E-state index contributed by atoms with van der Waals surface area (Å²) in [6.07, 6.45) is 1.72. The zero-order valence-corrected chi connectivity index (χ0v) is 10.4. The van der Waals surface area contributed by atoms with Crippen molar-refractivity contribution in [2.45, 2.75) is 26.9 Å². The topological polar surface area (TPSA) is 46.9 Å². The zero-order valence-electron chi connectivity index (χ0n) is 9.62. The van der Waals surface area contributed by atoms with Crippen molar-refractivity contribution in [2.24, 2.45) is 0 Å². The number of nitrogens with zero attached hydrogens (tertiary/aromatic N) is 2. The Morgan fingerprint density at radius 2 is 2.33 bits per heavy atom. The van der Waals surface area contributed by atoms with E-state index in [2.05, 4.69) is 23.4 Å². The van der Waals surface area contributed by atoms with E-state index in [0.29, 0.717) is 5.75 Å². The van der Waals surface area contributed by atoms with E-state index in [1.807, 2.05) is 11.6 Å². The number of hydrogen-bond donors (Lipinski definition) is 1. The van der Waals surface area contributed by atoms with E-state index in [1.165, 1.54) is 5.69 Å². The minimum absolute atomic E-state index is 0.708. The molecule has 5 heteroatoms. The number of rotatable bonds is 6. The maximum absolute atomic E-state index is 10.8. The normalized spacial score (nSPS) is 13.0. The van der Waals surface area contributed by atoms with Gasteiger partial charge in [0, 0.05) is 42.4 Å². The summed E-state index contributed by atoms with van der Waals surface area (Å²) in [4.78, 5) is 0. The molecule has 0 fully saturated rings. The first kappa shape index (κ1) is 12.4. The van der Waals surface area contributed by atoms with E-state index >= 15 is 0 Å². The highest BCUT2D eigenvalue weighted by atomic mass is 32.2. The monoisotopic (exact) mass is 229 g/mol. The fourth-order valence-electron chi connectivity index (χ4n) is 1.45. The van der Waals surface area contributed by atoms with Crippen molar-refractivity contribution in [3.05, 3.63) is 17.5 Å². The van der Waals surface area contributed by atoms with E-state index < -0.39 is 10.8 Å². The second kappa shape index (κ2) is 6.02. The predicted octanol–water partition coefficient (Wildman–Crippen LogP) is 0.680. The Morgan fingerprint density at radius 3 is 2.93 bits per heavy atom. The maximum atomic E-state index is 10.8. The van der Waals surface area contributed by atoms with Crippen LogP contribution in [0.15, 0.2) is 6.07 Å². The van der Waals surface area contributed by atoms with E-state index in [9.17, 15) is 4.21 Å². The number of hydrogen-bond acceptors (Lipinski definition) is 3. The van der Waals surface area contributed by atoms with Gasteiger partial charge in [-0.1, -0.05) is 0 Å². The lowest BCUT2D eigenvalue weighted by molar-refractivity contribution is 0.587. The first-order chi connectivity index (χ1) is 7.13. The van der Waals surface area contributed by atoms with Crippen LogP contribution in [0.4, 0.5) is 0 Å². The molecule has 1 rings (SSSR count). The van der Waals surface area contributed by atoms with Crippen LogP contribution < -0.4 is 5.32 Å². The first-order valence-electron chi connectivity index (χ1n) is 5.17. The highest BCUT2D eigenvalue weighted by Crippen LogP contribution is 2.02. The second-order valence-corrected chi connectivity index (χ2v) is 5.10. The molecule has 0 radical (unpaired) electrons. The third kappa shape index (κ3) is 4.13. The minimum atomic E-state index is -0.710. The Morgan fingerprint density at radius 1 is 1.60 bits per heavy atom. The number of aryl methyl sites for hydroxylation is 2. The third-order valence-electron chi connectivity index (χ3n) is 2.16. The molecular weight excluding hydrogens is 210 g/mol. The van der Waals surface area contributed by atoms with Gasteiger partial charge in [0.05, 0.1) is 11.4 Å². The molecule has 0 aliphatic rings. The lowest BCUT2D eigenvalue weighted by Gasteiger charge is -2.05. The van der Waals surface area contributed by atoms with Crippen molar-refractivity contribution < 1.29 is 4.21 Å². The van der Waals surface area contributed by atoms with Crippen LogP contribution in [0, 0.1) is 6.92 Å². The van der Waals surface area contributed by atoms with Crippen LogP contribution >= 0.6 is 0 Å². The summed E-state index contributed by atoms with van der Waals surface area (Å²) in [6.45, 7) is 6.56. The average molecular weight is 229 g/mol. The molecule has 1 aromatic heterocycles. The molecule has 0 saturated carbocycles. The number of aromatic nitrogens is 2. The Hall–Kier alpha value is -0.680. The van der Waals surface area contributed by atoms with Crippen LogP contribution in [0.3, 0.4) is 0 Å². The third-order valence-corrected chi connectivity index (χ3v) is 2.94. The van der Waals surface area contributed by atoms with Gasteiger partial charge < -0.3 is 5.32 Å². The van der Waals surface area contributed by atoms with Crippen LogP contribution in [-0.4, -0.2) is 32.5 Å². The van der Waals surface area contributed by atoms with Gasteiger partial charge in [0.25, 0.3) is 0 Å². The maximum Gasteiger partial charge on any atom is 0.0597 e. The highest BCUT2D eigenvalue weighted by molar-refractivity contribution is 7.84. The quantitative estimate of drug-likeness (QED) is 0.730. The van der Waals surface area contributed by atoms with Gasteiger partial charge in [0.2, 0.25) is 0 Å². The molecular formula is C10H19N3OS. The zero-order chi connectivity index (χ0) is 11.3. The van der Waals surface area contributed by atoms with Crippen LogP contribution in [0.1, 0.15) is 18.3 Å². The number of nitrogens with one attached hydrogen (secondary N) is 1. The summed E-state index contributed by atoms with van der Waals surface area (Å²) in [7, 11) is -0.710. The van der Waals surface area contributed by atoms with Gasteiger partial charge in [-0.2, -0.15) is 5.10 Å². The Kier molecular flexibility index (Phi) is 4.98. The van der Waals surface area contributed by atoms with Gasteiger partial charge in [-0.3, -0.25) is 8.89 Å². The van der Waals surface area contributed by atoms with Crippen molar-refractivity contribution in [2.75, 3.05) is 18.6 Å². The molecule has 0 amide bonds. The smallest absolute Gasteiger partial charge is 0.0597 e. The Balaban J connectivity index is 2.39. The van der Waals surface area contributed by atoms with E-state index in [4.69, 9.17) is 0 Å². The summed E-state index contributed by atoms with van der Waals surface area (Å²) < 4.78 is 12.8. The molecule has 0 aliphatic heterocycles. The van der Waals surface area contributed by atoms with Crippen molar-refractivity contribution >= 4 is 10.8 Å². The summed E-state index contributed by atoms with van der Waals surface area (Å²) in [5, 5.41) is 7.63. The lowest BCUT2D eigenvalue weighted by Crippen LogP contribution is -2.21. The SMILES string of the molecule is CCn1nc(C)cc1CNCCS(C)=O. The molecule has 1 aromatic rings. The van der Waals surface area contributed by atoms with Gasteiger partial charge in [0.15, 0.2) is 0 Å². The van der Waals surface area contributed by atoms with Crippen LogP contribution in [0.25, 0.3) is 0 Å². The van der Waals surface area contributed by atoms with Crippen LogP contribution in [-0.2, 0) is 23.9 Å². The standard InChI is InChI=1S/C10H19N3OS/c1-4-13-10(7-9(2)12-13)8-11-5-6-15(3)14/h7,11H,4-6,8H2,1-3H3. The van der Waals surface area contributed by atoms with Gasteiger partial charge >= 0.3 is 0 Å². The van der Waals surface area contributed by atoms with Gasteiger partial charge in [0.1, 0.15) is 0 Å². The predicted molar refractivity (Wildman–Crippen MR) is 63.3 cm³/mol. The van der Waals surface area contributed by atoms with Gasteiger partial charge in [-0.15, -0.1) is 0 Å². The molecule has 0 spiro atoms. The highest BCUT2D eigenvalue weighted by Gasteiger charge is 2.02. The van der Waals surface area contributed by atoms with Crippen molar-refractivity contribution in [3.8, 4) is 0 Å². The van der Waals surface area contributed by atoms with Crippen molar-refractivity contribution in [1.82, 2.24) is 15.1 Å². The second-order valence-electron chi connectivity index (χ2n) is 3.55. The molecule has 0 aliphatic carbocycles. The molecule has 0 saturated heterocycles. The Bertz CT molecular complexity index is 335. The molecule has 86 valence electrons. The Labute approximate surface area is 93.5 Å². The fourth-order valence-corrected chi connectivity index (χ4v) is 1.88. The molecule has 1 N–H and O–H groups in total. The van der Waals surface area contributed by atoms with Crippen LogP contribution in [0.5, 0.6) is 0 Å². The fraction of sp³-hybridized carbons (Fsp3) is 0.700. The van der Waals surface area contributed by atoms with E-state index in [-0.39, 0.29) is 0 Å². The average Bonchev–Trinajstić information content (AvgIpc) is 2.53. The van der Waals surface area contributed by atoms with Crippen molar-refractivity contribution in [3.63, 3.8) is 0 Å². The van der Waals surface area contributed by atoms with Crippen LogP contribution in [0.2, 0.25) is 0 Å². The largest absolute Gasteiger partial charge is 0.310 e. The van der Waals surface area contributed by atoms with E-state index in [0.717, 1.165) is 25.3 Å². The molecule has 1 unspecified atom stereocenters. The molecule has 15 heavy (non-hydrogen) atoms. The summed E-state index contributed by atoms with van der Waals surface area (Å²) in [6, 6.07) is 2.08. The van der Waals surface area contributed by atoms with E-state index in [1.54, 1.807) is 6.26 Å². The molecule has 4 nitrogen and oxygen atoms in total. The summed E-state index contributed by atoms with van der Waals surface area (Å²) in [5.74, 6) is 0.708. The minimum Gasteiger partial charge on any atom is -0.310 e. The molecule has 1 atom stereocenters. The molecule has 0 aromatic carbocycles. The summed E-state index contributed by atoms with van der Waals surface area (Å²) in [5.41, 5.74) is 2.24. The first-order valence-corrected chi connectivity index (χ1v) is 6.90. The lowest BCUT2D eigenvalue weighted by atomic mass is 10.3. The summed E-state index contributed by atoms with van der Waals surface area (Å²) >= 11 is 0. The van der Waals surface area contributed by atoms with Gasteiger partial charge in [-0.05, 0) is 19.9 Å². The van der Waals surface area contributed by atoms with Gasteiger partial charge in [-0.25, -0.2) is 0 Å². The molecule has 0 bridgehead atoms. The molecule has 1 heterocycles. The van der Waals surface area contributed by atoms with Crippen molar-refractivity contribution in [1.29, 1.82) is 0 Å².